The molecule has 5 nitrogen and oxygen atoms in total. The highest BCUT2D eigenvalue weighted by atomic mass is 79.9. The van der Waals surface area contributed by atoms with Crippen LogP contribution in [0.25, 0.3) is 10.4 Å². The zero-order chi connectivity index (χ0) is 12.3. The second-order valence-corrected chi connectivity index (χ2v) is 6.21. The van der Waals surface area contributed by atoms with Crippen LogP contribution in [0.15, 0.2) is 20.3 Å². The summed E-state index contributed by atoms with van der Waals surface area (Å²) in [5.41, 5.74) is 9.39. The Bertz CT molecular complexity index is 469. The molecule has 0 saturated carbocycles. The lowest BCUT2D eigenvalue weighted by Gasteiger charge is -2.15. The van der Waals surface area contributed by atoms with Crippen molar-refractivity contribution in [3.63, 3.8) is 0 Å². The summed E-state index contributed by atoms with van der Waals surface area (Å²) >= 11 is 5.08. The molecule has 1 unspecified atom stereocenters. The number of azide groups is 1. The zero-order valence-electron chi connectivity index (χ0n) is 9.04. The van der Waals surface area contributed by atoms with Crippen LogP contribution in [0.3, 0.4) is 0 Å². The van der Waals surface area contributed by atoms with Crippen LogP contribution in [-0.4, -0.2) is 23.9 Å². The highest BCUT2D eigenvalue weighted by Gasteiger charge is 2.29. The second kappa shape index (κ2) is 5.53. The van der Waals surface area contributed by atoms with E-state index >= 15 is 0 Å². The van der Waals surface area contributed by atoms with Gasteiger partial charge in [0.25, 0.3) is 0 Å². The average molecular weight is 315 g/mol. The molecule has 1 aromatic rings. The molecular weight excluding hydrogens is 304 g/mol. The van der Waals surface area contributed by atoms with Gasteiger partial charge in [0, 0.05) is 31.0 Å². The first kappa shape index (κ1) is 12.4. The Morgan fingerprint density at radius 2 is 2.53 bits per heavy atom. The van der Waals surface area contributed by atoms with E-state index in [2.05, 4.69) is 26.0 Å². The molecule has 2 rings (SSSR count). The van der Waals surface area contributed by atoms with E-state index in [9.17, 15) is 4.79 Å². The molecule has 90 valence electrons. The van der Waals surface area contributed by atoms with Crippen molar-refractivity contribution in [2.45, 2.75) is 13.0 Å². The summed E-state index contributed by atoms with van der Waals surface area (Å²) in [7, 11) is 0. The van der Waals surface area contributed by atoms with E-state index in [4.69, 9.17) is 5.53 Å². The van der Waals surface area contributed by atoms with Gasteiger partial charge in [-0.2, -0.15) is 0 Å². The number of halogens is 1. The third-order valence-corrected chi connectivity index (χ3v) is 4.56. The molecule has 7 heteroatoms. The fourth-order valence-electron chi connectivity index (χ4n) is 1.92. The number of carbonyl (C=O) groups excluding carboxylic acids is 1. The monoisotopic (exact) mass is 314 g/mol. The summed E-state index contributed by atoms with van der Waals surface area (Å²) < 4.78 is 1.07. The maximum atomic E-state index is 11.8. The normalized spacial score (nSPS) is 19.5. The highest BCUT2D eigenvalue weighted by Crippen LogP contribution is 2.27. The van der Waals surface area contributed by atoms with Gasteiger partial charge < -0.3 is 4.90 Å². The predicted octanol–water partition coefficient (Wildman–Crippen LogP) is 3.17. The first-order chi connectivity index (χ1) is 8.20. The van der Waals surface area contributed by atoms with Gasteiger partial charge in [0.2, 0.25) is 5.91 Å². The summed E-state index contributed by atoms with van der Waals surface area (Å²) in [5.74, 6) is 0.303. The van der Waals surface area contributed by atoms with Crippen LogP contribution in [-0.2, 0) is 11.3 Å². The number of likely N-dealkylation sites (tertiary alicyclic amines) is 1. The number of thiophene rings is 1. The van der Waals surface area contributed by atoms with Gasteiger partial charge in [0.15, 0.2) is 0 Å². The topological polar surface area (TPSA) is 69.1 Å². The van der Waals surface area contributed by atoms with E-state index in [-0.39, 0.29) is 11.8 Å². The minimum Gasteiger partial charge on any atom is -0.338 e. The van der Waals surface area contributed by atoms with Gasteiger partial charge in [-0.3, -0.25) is 4.79 Å². The van der Waals surface area contributed by atoms with Gasteiger partial charge in [-0.1, -0.05) is 5.11 Å². The van der Waals surface area contributed by atoms with Gasteiger partial charge >= 0.3 is 0 Å². The number of amides is 1. The van der Waals surface area contributed by atoms with Crippen molar-refractivity contribution in [2.24, 2.45) is 11.0 Å². The lowest BCUT2D eigenvalue weighted by molar-refractivity contribution is -0.128. The molecule has 0 radical (unpaired) electrons. The van der Waals surface area contributed by atoms with Gasteiger partial charge in [-0.05, 0) is 44.4 Å². The van der Waals surface area contributed by atoms with E-state index in [1.807, 2.05) is 16.3 Å². The Kier molecular flexibility index (Phi) is 4.04. The molecule has 0 aromatic carbocycles. The maximum absolute atomic E-state index is 11.8. The predicted molar refractivity (Wildman–Crippen MR) is 69.6 cm³/mol. The third kappa shape index (κ3) is 3.00. The first-order valence-corrected chi connectivity index (χ1v) is 6.88. The van der Waals surface area contributed by atoms with Crippen molar-refractivity contribution >= 4 is 33.2 Å². The Morgan fingerprint density at radius 1 is 1.71 bits per heavy atom. The van der Waals surface area contributed by atoms with Crippen LogP contribution in [0, 0.1) is 5.92 Å². The van der Waals surface area contributed by atoms with Crippen molar-refractivity contribution in [1.29, 1.82) is 0 Å². The van der Waals surface area contributed by atoms with Crippen LogP contribution < -0.4 is 0 Å². The minimum absolute atomic E-state index is 0.140. The summed E-state index contributed by atoms with van der Waals surface area (Å²) in [6, 6.07) is 2.02. The third-order valence-electron chi connectivity index (χ3n) is 2.75. The largest absolute Gasteiger partial charge is 0.338 e. The Morgan fingerprint density at radius 3 is 3.18 bits per heavy atom. The van der Waals surface area contributed by atoms with Gasteiger partial charge in [-0.15, -0.1) is 11.3 Å². The number of rotatable bonds is 4. The quantitative estimate of drug-likeness (QED) is 0.478. The Balaban J connectivity index is 1.96. The molecule has 0 N–H and O–H groups in total. The lowest BCUT2D eigenvalue weighted by atomic mass is 10.1. The molecule has 1 aliphatic heterocycles. The molecule has 2 heterocycles. The molecular formula is C10H11BrN4OS. The number of hydrogen-bond donors (Lipinski definition) is 0. The first-order valence-electron chi connectivity index (χ1n) is 5.21. The second-order valence-electron chi connectivity index (χ2n) is 3.98. The fourth-order valence-corrected chi connectivity index (χ4v) is 3.14. The van der Waals surface area contributed by atoms with Crippen LogP contribution in [0.4, 0.5) is 0 Å². The minimum atomic E-state index is 0.140. The highest BCUT2D eigenvalue weighted by molar-refractivity contribution is 9.11. The van der Waals surface area contributed by atoms with Crippen LogP contribution in [0.5, 0.6) is 0 Å². The van der Waals surface area contributed by atoms with Crippen molar-refractivity contribution in [3.05, 3.63) is 31.2 Å². The van der Waals surface area contributed by atoms with Gasteiger partial charge in [-0.25, -0.2) is 0 Å². The molecule has 1 atom stereocenters. The summed E-state index contributed by atoms with van der Waals surface area (Å²) in [6.45, 7) is 1.72. The lowest BCUT2D eigenvalue weighted by Crippen LogP contribution is -2.24. The molecule has 0 spiro atoms. The molecule has 0 bridgehead atoms. The molecule has 17 heavy (non-hydrogen) atoms. The van der Waals surface area contributed by atoms with E-state index in [1.165, 1.54) is 0 Å². The zero-order valence-corrected chi connectivity index (χ0v) is 11.4. The summed E-state index contributed by atoms with van der Waals surface area (Å²) in [5, 5.41) is 5.53. The van der Waals surface area contributed by atoms with Crippen LogP contribution >= 0.6 is 27.3 Å². The average Bonchev–Trinajstić information content (AvgIpc) is 2.85. The summed E-state index contributed by atoms with van der Waals surface area (Å²) in [6.07, 6.45) is 0.487. The molecule has 1 fully saturated rings. The number of carbonyl (C=O) groups is 1. The SMILES string of the molecule is [N-]=[N+]=NCC1CC(=O)N(Cc2ccsc2Br)C1. The smallest absolute Gasteiger partial charge is 0.223 e. The summed E-state index contributed by atoms with van der Waals surface area (Å²) in [4.78, 5) is 16.3. The van der Waals surface area contributed by atoms with Crippen LogP contribution in [0.2, 0.25) is 0 Å². The van der Waals surface area contributed by atoms with Crippen molar-refractivity contribution in [2.75, 3.05) is 13.1 Å². The maximum Gasteiger partial charge on any atom is 0.223 e. The van der Waals surface area contributed by atoms with Gasteiger partial charge in [0.05, 0.1) is 3.79 Å². The molecule has 1 amide bonds. The van der Waals surface area contributed by atoms with Crippen LogP contribution in [0.1, 0.15) is 12.0 Å². The van der Waals surface area contributed by atoms with Gasteiger partial charge in [0.1, 0.15) is 0 Å². The van der Waals surface area contributed by atoms with Crippen molar-refractivity contribution in [3.8, 4) is 0 Å². The van der Waals surface area contributed by atoms with E-state index in [0.717, 1.165) is 9.35 Å². The molecule has 0 aliphatic carbocycles. The number of hydrogen-bond acceptors (Lipinski definition) is 3. The standard InChI is InChI=1S/C10H11BrN4OS/c11-10-8(1-2-17-10)6-15-5-7(3-9(15)16)4-13-14-12/h1-2,7H,3-6H2. The van der Waals surface area contributed by atoms with Crippen molar-refractivity contribution in [1.82, 2.24) is 4.90 Å². The van der Waals surface area contributed by atoms with E-state index in [1.54, 1.807) is 11.3 Å². The fraction of sp³-hybridized carbons (Fsp3) is 0.500. The van der Waals surface area contributed by atoms with Crippen molar-refractivity contribution < 1.29 is 4.79 Å². The Labute approximate surface area is 111 Å². The van der Waals surface area contributed by atoms with E-state index < -0.39 is 0 Å². The molecule has 1 saturated heterocycles. The number of nitrogens with zero attached hydrogens (tertiary/aromatic N) is 4. The Hall–Kier alpha value is -1.04. The van der Waals surface area contributed by atoms with E-state index in [0.29, 0.717) is 26.1 Å². The molecule has 1 aliphatic rings. The molecule has 1 aromatic heterocycles.